The highest BCUT2D eigenvalue weighted by atomic mass is 16.6. The van der Waals surface area contributed by atoms with Gasteiger partial charge in [0.05, 0.1) is 6.04 Å². The van der Waals surface area contributed by atoms with E-state index in [1.54, 1.807) is 0 Å². The molecule has 166 valence electrons. The second-order valence-electron chi connectivity index (χ2n) is 8.11. The largest absolute Gasteiger partial charge is 0.456 e. The summed E-state index contributed by atoms with van der Waals surface area (Å²) in [4.78, 5) is 35.7. The Bertz CT molecular complexity index is 1250. The third-order valence-electron chi connectivity index (χ3n) is 5.81. The topological polar surface area (TPSA) is 105 Å². The van der Waals surface area contributed by atoms with Crippen molar-refractivity contribution in [2.45, 2.75) is 52.0 Å². The number of hydrogen-bond donors (Lipinski definition) is 1. The van der Waals surface area contributed by atoms with Crippen LogP contribution in [0.25, 0.3) is 21.5 Å². The van der Waals surface area contributed by atoms with Crippen LogP contribution in [0, 0.1) is 6.92 Å². The summed E-state index contributed by atoms with van der Waals surface area (Å²) in [5, 5.41) is 4.04. The second-order valence-corrected chi connectivity index (χ2v) is 8.11. The molecule has 0 saturated carbocycles. The van der Waals surface area contributed by atoms with Crippen LogP contribution in [0.2, 0.25) is 0 Å². The lowest BCUT2D eigenvalue weighted by molar-refractivity contribution is -0.188. The number of aryl methyl sites for hydroxylation is 1. The summed E-state index contributed by atoms with van der Waals surface area (Å²) in [7, 11) is 0. The molecular weight excluding hydrogens is 410 g/mol. The first kappa shape index (κ1) is 21.8. The molecule has 0 heterocycles. The lowest BCUT2D eigenvalue weighted by Gasteiger charge is -2.41. The van der Waals surface area contributed by atoms with Crippen LogP contribution in [0.15, 0.2) is 42.5 Å². The van der Waals surface area contributed by atoms with Crippen molar-refractivity contribution in [2.24, 2.45) is 5.73 Å². The van der Waals surface area contributed by atoms with Gasteiger partial charge in [0, 0.05) is 26.3 Å². The van der Waals surface area contributed by atoms with Crippen molar-refractivity contribution < 1.29 is 28.6 Å². The van der Waals surface area contributed by atoms with E-state index in [1.807, 2.05) is 43.3 Å². The molecule has 4 rings (SSSR count). The smallest absolute Gasteiger partial charge is 0.303 e. The summed E-state index contributed by atoms with van der Waals surface area (Å²) in [6.07, 6.45) is -3.06. The number of ether oxygens (including phenoxy) is 3. The van der Waals surface area contributed by atoms with Crippen LogP contribution in [-0.2, 0) is 28.6 Å². The van der Waals surface area contributed by atoms with Gasteiger partial charge in [0.2, 0.25) is 0 Å². The highest BCUT2D eigenvalue weighted by Crippen LogP contribution is 2.46. The molecule has 3 aromatic rings. The number of carbonyl (C=O) groups is 3. The highest BCUT2D eigenvalue weighted by molar-refractivity contribution is 6.10. The molecule has 0 unspecified atom stereocenters. The van der Waals surface area contributed by atoms with Gasteiger partial charge in [-0.05, 0) is 39.6 Å². The molecule has 0 radical (unpaired) electrons. The minimum atomic E-state index is -1.07. The van der Waals surface area contributed by atoms with Crippen LogP contribution in [0.1, 0.15) is 49.6 Å². The zero-order valence-corrected chi connectivity index (χ0v) is 18.4. The van der Waals surface area contributed by atoms with E-state index >= 15 is 0 Å². The standard InChI is InChI=1S/C25H25NO6/c1-12-11-16-7-5-6-8-17(16)18-9-10-19-21(20(12)18)22(26)24(31-14(3)28)25(32-15(4)29)23(19)30-13(2)27/h5-11,22-25H,26H2,1-4H3/t22-,23+,24+,25-/m0/s1. The Labute approximate surface area is 185 Å². The van der Waals surface area contributed by atoms with Crippen molar-refractivity contribution in [1.82, 2.24) is 0 Å². The molecule has 3 aromatic carbocycles. The molecule has 0 bridgehead atoms. The van der Waals surface area contributed by atoms with Crippen LogP contribution >= 0.6 is 0 Å². The van der Waals surface area contributed by atoms with E-state index in [0.717, 1.165) is 27.1 Å². The van der Waals surface area contributed by atoms with Gasteiger partial charge in [-0.3, -0.25) is 14.4 Å². The zero-order valence-electron chi connectivity index (χ0n) is 18.4. The third-order valence-corrected chi connectivity index (χ3v) is 5.81. The predicted octanol–water partition coefficient (Wildman–Crippen LogP) is 3.78. The maximum absolute atomic E-state index is 12.0. The third kappa shape index (κ3) is 3.69. The maximum atomic E-state index is 12.0. The molecule has 0 fully saturated rings. The Morgan fingerprint density at radius 2 is 1.44 bits per heavy atom. The van der Waals surface area contributed by atoms with Crippen molar-refractivity contribution in [3.05, 3.63) is 59.2 Å². The fraction of sp³-hybridized carbons (Fsp3) is 0.320. The molecule has 4 atom stereocenters. The van der Waals surface area contributed by atoms with Gasteiger partial charge in [0.1, 0.15) is 0 Å². The zero-order chi connectivity index (χ0) is 23.2. The van der Waals surface area contributed by atoms with E-state index in [-0.39, 0.29) is 0 Å². The first-order valence-electron chi connectivity index (χ1n) is 10.4. The molecule has 1 aliphatic carbocycles. The summed E-state index contributed by atoms with van der Waals surface area (Å²) in [5.41, 5.74) is 9.00. The maximum Gasteiger partial charge on any atom is 0.303 e. The van der Waals surface area contributed by atoms with Gasteiger partial charge >= 0.3 is 17.9 Å². The monoisotopic (exact) mass is 435 g/mol. The van der Waals surface area contributed by atoms with Crippen molar-refractivity contribution in [2.75, 3.05) is 0 Å². The van der Waals surface area contributed by atoms with Gasteiger partial charge < -0.3 is 19.9 Å². The Hall–Kier alpha value is -3.45. The van der Waals surface area contributed by atoms with Crippen molar-refractivity contribution in [3.63, 3.8) is 0 Å². The summed E-state index contributed by atoms with van der Waals surface area (Å²) in [6, 6.07) is 13.1. The predicted molar refractivity (Wildman–Crippen MR) is 119 cm³/mol. The van der Waals surface area contributed by atoms with Crippen LogP contribution in [0.3, 0.4) is 0 Å². The van der Waals surface area contributed by atoms with E-state index in [9.17, 15) is 14.4 Å². The SMILES string of the molecule is CC(=O)O[C@@H]1[C@H](OC(C)=O)[C@@H](N)c2c(ccc3c2c(C)cc2ccccc23)[C@H]1OC(C)=O. The fourth-order valence-corrected chi connectivity index (χ4v) is 4.75. The van der Waals surface area contributed by atoms with Gasteiger partial charge in [0.15, 0.2) is 18.3 Å². The minimum Gasteiger partial charge on any atom is -0.456 e. The molecule has 0 amide bonds. The van der Waals surface area contributed by atoms with Crippen LogP contribution in [0.5, 0.6) is 0 Å². The number of carbonyl (C=O) groups excluding carboxylic acids is 3. The van der Waals surface area contributed by atoms with Crippen molar-refractivity contribution in [1.29, 1.82) is 0 Å². The molecule has 7 nitrogen and oxygen atoms in total. The number of esters is 3. The van der Waals surface area contributed by atoms with E-state index < -0.39 is 42.3 Å². The Morgan fingerprint density at radius 1 is 0.812 bits per heavy atom. The first-order valence-corrected chi connectivity index (χ1v) is 10.4. The van der Waals surface area contributed by atoms with Crippen LogP contribution < -0.4 is 5.73 Å². The Kier molecular flexibility index (Phi) is 5.60. The molecular formula is C25H25NO6. The number of hydrogen-bond acceptors (Lipinski definition) is 7. The summed E-state index contributed by atoms with van der Waals surface area (Å²) >= 11 is 0. The van der Waals surface area contributed by atoms with E-state index in [1.165, 1.54) is 20.8 Å². The van der Waals surface area contributed by atoms with Gasteiger partial charge in [-0.15, -0.1) is 0 Å². The van der Waals surface area contributed by atoms with E-state index in [4.69, 9.17) is 19.9 Å². The summed E-state index contributed by atoms with van der Waals surface area (Å²) in [5.74, 6) is -1.72. The molecule has 0 aromatic heterocycles. The first-order chi connectivity index (χ1) is 15.2. The summed E-state index contributed by atoms with van der Waals surface area (Å²) < 4.78 is 16.6. The lowest BCUT2D eigenvalue weighted by atomic mass is 9.77. The minimum absolute atomic E-state index is 0.550. The quantitative estimate of drug-likeness (QED) is 0.379. The van der Waals surface area contributed by atoms with Crippen LogP contribution in [-0.4, -0.2) is 30.1 Å². The number of rotatable bonds is 3. The molecule has 1 aliphatic rings. The lowest BCUT2D eigenvalue weighted by Crippen LogP contribution is -2.50. The molecule has 2 N–H and O–H groups in total. The van der Waals surface area contributed by atoms with Crippen molar-refractivity contribution >= 4 is 39.5 Å². The summed E-state index contributed by atoms with van der Waals surface area (Å²) in [6.45, 7) is 5.77. The van der Waals surface area contributed by atoms with E-state index in [0.29, 0.717) is 11.1 Å². The van der Waals surface area contributed by atoms with Gasteiger partial charge in [-0.25, -0.2) is 0 Å². The molecule has 32 heavy (non-hydrogen) atoms. The van der Waals surface area contributed by atoms with Gasteiger partial charge in [0.25, 0.3) is 0 Å². The molecule has 0 spiro atoms. The average Bonchev–Trinajstić information content (AvgIpc) is 2.72. The Balaban J connectivity index is 2.04. The molecule has 0 aliphatic heterocycles. The number of fused-ring (bicyclic) bond motifs is 5. The number of benzene rings is 3. The van der Waals surface area contributed by atoms with Crippen molar-refractivity contribution in [3.8, 4) is 0 Å². The van der Waals surface area contributed by atoms with Gasteiger partial charge in [-0.2, -0.15) is 0 Å². The fourth-order valence-electron chi connectivity index (χ4n) is 4.75. The number of nitrogens with two attached hydrogens (primary N) is 1. The molecule has 7 heteroatoms. The highest BCUT2D eigenvalue weighted by Gasteiger charge is 2.48. The molecule has 0 saturated heterocycles. The van der Waals surface area contributed by atoms with E-state index in [2.05, 4.69) is 6.07 Å². The van der Waals surface area contributed by atoms with Gasteiger partial charge in [-0.1, -0.05) is 42.5 Å². The normalized spacial score (nSPS) is 22.3. The van der Waals surface area contributed by atoms with Crippen LogP contribution in [0.4, 0.5) is 0 Å². The second kappa shape index (κ2) is 8.24. The Morgan fingerprint density at radius 3 is 2.09 bits per heavy atom. The average molecular weight is 435 g/mol.